The summed E-state index contributed by atoms with van der Waals surface area (Å²) in [6.07, 6.45) is 1.99. The van der Waals surface area contributed by atoms with Gasteiger partial charge in [0.25, 0.3) is 0 Å². The number of anilines is 1. The first-order chi connectivity index (χ1) is 8.43. The van der Waals surface area contributed by atoms with Crippen LogP contribution < -0.4 is 4.41 Å². The molecule has 84 valence electrons. The summed E-state index contributed by atoms with van der Waals surface area (Å²) in [4.78, 5) is 0. The quantitative estimate of drug-likeness (QED) is 0.740. The van der Waals surface area contributed by atoms with Gasteiger partial charge in [-0.15, -0.1) is 0 Å². The van der Waals surface area contributed by atoms with Crippen LogP contribution in [0.4, 0.5) is 5.69 Å². The van der Waals surface area contributed by atoms with Crippen LogP contribution in [0.25, 0.3) is 0 Å². The number of rotatable bonds is 2. The molecule has 1 aliphatic heterocycles. The predicted octanol–water partition coefficient (Wildman–Crippen LogP) is 3.88. The maximum absolute atomic E-state index is 4.44. The molecular formula is C14H12N2S. The monoisotopic (exact) mass is 240 g/mol. The van der Waals surface area contributed by atoms with Gasteiger partial charge in [-0.25, -0.2) is 4.41 Å². The molecule has 0 aliphatic carbocycles. The van der Waals surface area contributed by atoms with Crippen molar-refractivity contribution in [3.8, 4) is 0 Å². The number of hydrogen-bond donors (Lipinski definition) is 0. The summed E-state index contributed by atoms with van der Waals surface area (Å²) in [7, 11) is 0. The second kappa shape index (κ2) is 4.63. The maximum Gasteiger partial charge on any atom is 0.0887 e. The standard InChI is InChI=1S/C14H12N2S/c1-3-7-12(8-4-1)14-11-15-16(17-14)13-9-5-2-6-10-13/h1-11,14H. The van der Waals surface area contributed by atoms with Crippen molar-refractivity contribution < 1.29 is 0 Å². The van der Waals surface area contributed by atoms with E-state index in [1.165, 1.54) is 5.56 Å². The molecule has 0 saturated carbocycles. The van der Waals surface area contributed by atoms with Crippen molar-refractivity contribution in [2.24, 2.45) is 5.10 Å². The highest BCUT2D eigenvalue weighted by molar-refractivity contribution is 8.01. The zero-order valence-electron chi connectivity index (χ0n) is 9.23. The summed E-state index contributed by atoms with van der Waals surface area (Å²) >= 11 is 1.73. The van der Waals surface area contributed by atoms with E-state index in [0.29, 0.717) is 5.25 Å². The second-order valence-electron chi connectivity index (χ2n) is 3.81. The average molecular weight is 240 g/mol. The smallest absolute Gasteiger partial charge is 0.0887 e. The van der Waals surface area contributed by atoms with Crippen LogP contribution in [-0.4, -0.2) is 6.21 Å². The lowest BCUT2D eigenvalue weighted by atomic mass is 10.2. The van der Waals surface area contributed by atoms with Crippen molar-refractivity contribution in [3.05, 3.63) is 66.2 Å². The van der Waals surface area contributed by atoms with Crippen LogP contribution in [0.1, 0.15) is 10.8 Å². The van der Waals surface area contributed by atoms with Crippen LogP contribution in [0.3, 0.4) is 0 Å². The molecule has 1 aliphatic rings. The van der Waals surface area contributed by atoms with Gasteiger partial charge in [0.15, 0.2) is 0 Å². The highest BCUT2D eigenvalue weighted by Gasteiger charge is 2.21. The molecule has 1 heterocycles. The minimum Gasteiger partial charge on any atom is -0.206 e. The van der Waals surface area contributed by atoms with Gasteiger partial charge in [0, 0.05) is 6.21 Å². The Morgan fingerprint density at radius 3 is 2.24 bits per heavy atom. The Bertz CT molecular complexity index is 463. The summed E-state index contributed by atoms with van der Waals surface area (Å²) in [6, 6.07) is 20.6. The van der Waals surface area contributed by atoms with E-state index >= 15 is 0 Å². The third kappa shape index (κ3) is 2.19. The van der Waals surface area contributed by atoms with Crippen LogP contribution in [-0.2, 0) is 0 Å². The molecule has 17 heavy (non-hydrogen) atoms. The van der Waals surface area contributed by atoms with Gasteiger partial charge in [0.1, 0.15) is 0 Å². The Kier molecular flexibility index (Phi) is 2.84. The Labute approximate surface area is 105 Å². The minimum absolute atomic E-state index is 0.316. The summed E-state index contributed by atoms with van der Waals surface area (Å²) in [5, 5.41) is 4.75. The molecule has 0 bridgehead atoms. The molecule has 2 aromatic carbocycles. The van der Waals surface area contributed by atoms with Gasteiger partial charge in [-0.1, -0.05) is 48.5 Å². The SMILES string of the molecule is C1=NN(c2ccccc2)SC1c1ccccc1. The van der Waals surface area contributed by atoms with Crippen molar-refractivity contribution in [1.82, 2.24) is 0 Å². The molecule has 0 saturated heterocycles. The van der Waals surface area contributed by atoms with Crippen LogP contribution in [0, 0.1) is 0 Å². The number of benzene rings is 2. The summed E-state index contributed by atoms with van der Waals surface area (Å²) in [5.41, 5.74) is 2.41. The van der Waals surface area contributed by atoms with E-state index in [1.807, 2.05) is 34.9 Å². The van der Waals surface area contributed by atoms with Crippen molar-refractivity contribution in [3.63, 3.8) is 0 Å². The predicted molar refractivity (Wildman–Crippen MR) is 74.2 cm³/mol. The van der Waals surface area contributed by atoms with E-state index in [4.69, 9.17) is 0 Å². The Hall–Kier alpha value is -1.74. The number of para-hydroxylation sites is 1. The van der Waals surface area contributed by atoms with Crippen LogP contribution in [0.15, 0.2) is 65.8 Å². The summed E-state index contributed by atoms with van der Waals surface area (Å²) in [5.74, 6) is 0. The number of hydrogen-bond acceptors (Lipinski definition) is 3. The molecule has 2 nitrogen and oxygen atoms in total. The largest absolute Gasteiger partial charge is 0.206 e. The zero-order chi connectivity index (χ0) is 11.5. The topological polar surface area (TPSA) is 15.6 Å². The highest BCUT2D eigenvalue weighted by Crippen LogP contribution is 2.38. The number of nitrogens with zero attached hydrogens (tertiary/aromatic N) is 2. The van der Waals surface area contributed by atoms with Gasteiger partial charge < -0.3 is 0 Å². The van der Waals surface area contributed by atoms with Gasteiger partial charge in [-0.05, 0) is 29.6 Å². The van der Waals surface area contributed by atoms with E-state index in [2.05, 4.69) is 41.5 Å². The lowest BCUT2D eigenvalue weighted by Crippen LogP contribution is -2.01. The fourth-order valence-electron chi connectivity index (χ4n) is 1.76. The van der Waals surface area contributed by atoms with E-state index in [9.17, 15) is 0 Å². The second-order valence-corrected chi connectivity index (χ2v) is 4.87. The fraction of sp³-hybridized carbons (Fsp3) is 0.0714. The third-order valence-corrected chi connectivity index (χ3v) is 3.75. The molecule has 0 radical (unpaired) electrons. The van der Waals surface area contributed by atoms with E-state index < -0.39 is 0 Å². The first kappa shape index (κ1) is 10.4. The molecule has 3 rings (SSSR count). The Balaban J connectivity index is 1.78. The van der Waals surface area contributed by atoms with E-state index in [0.717, 1.165) is 5.69 Å². The van der Waals surface area contributed by atoms with Gasteiger partial charge >= 0.3 is 0 Å². The first-order valence-corrected chi connectivity index (χ1v) is 6.38. The molecule has 0 fully saturated rings. The first-order valence-electron chi connectivity index (χ1n) is 5.54. The Morgan fingerprint density at radius 1 is 0.882 bits per heavy atom. The van der Waals surface area contributed by atoms with Crippen LogP contribution in [0.5, 0.6) is 0 Å². The van der Waals surface area contributed by atoms with Crippen molar-refractivity contribution in [2.75, 3.05) is 4.41 Å². The third-order valence-electron chi connectivity index (χ3n) is 2.63. The molecule has 1 atom stereocenters. The van der Waals surface area contributed by atoms with Gasteiger partial charge in [0.2, 0.25) is 0 Å². The average Bonchev–Trinajstić information content (AvgIpc) is 2.90. The molecule has 2 aromatic rings. The fourth-order valence-corrected chi connectivity index (χ4v) is 2.71. The number of hydrazone groups is 1. The molecule has 0 aromatic heterocycles. The van der Waals surface area contributed by atoms with Crippen molar-refractivity contribution in [1.29, 1.82) is 0 Å². The lowest BCUT2D eigenvalue weighted by molar-refractivity contribution is 1.23. The van der Waals surface area contributed by atoms with E-state index in [1.54, 1.807) is 11.9 Å². The molecule has 3 heteroatoms. The minimum atomic E-state index is 0.316. The van der Waals surface area contributed by atoms with Gasteiger partial charge in [-0.3, -0.25) is 0 Å². The van der Waals surface area contributed by atoms with Crippen molar-refractivity contribution in [2.45, 2.75) is 5.25 Å². The van der Waals surface area contributed by atoms with Crippen LogP contribution in [0.2, 0.25) is 0 Å². The zero-order valence-corrected chi connectivity index (χ0v) is 10.0. The lowest BCUT2D eigenvalue weighted by Gasteiger charge is -2.14. The molecule has 0 spiro atoms. The normalized spacial score (nSPS) is 18.6. The Morgan fingerprint density at radius 2 is 1.53 bits per heavy atom. The summed E-state index contributed by atoms with van der Waals surface area (Å²) < 4.78 is 1.97. The van der Waals surface area contributed by atoms with Crippen molar-refractivity contribution >= 4 is 23.8 Å². The summed E-state index contributed by atoms with van der Waals surface area (Å²) in [6.45, 7) is 0. The van der Waals surface area contributed by atoms with Crippen LogP contribution >= 0.6 is 11.9 Å². The molecular weight excluding hydrogens is 228 g/mol. The highest BCUT2D eigenvalue weighted by atomic mass is 32.2. The van der Waals surface area contributed by atoms with Gasteiger partial charge in [0.05, 0.1) is 10.9 Å². The molecule has 1 unspecified atom stereocenters. The maximum atomic E-state index is 4.44. The molecule has 0 amide bonds. The van der Waals surface area contributed by atoms with E-state index in [-0.39, 0.29) is 0 Å². The molecule has 0 N–H and O–H groups in total. The van der Waals surface area contributed by atoms with Gasteiger partial charge in [-0.2, -0.15) is 5.10 Å².